The first kappa shape index (κ1) is 25.4. The van der Waals surface area contributed by atoms with Crippen LogP contribution in [-0.2, 0) is 19.3 Å². The van der Waals surface area contributed by atoms with Gasteiger partial charge in [-0.15, -0.1) is 0 Å². The molecule has 0 atom stereocenters. The SMILES string of the molecule is Cc1nn(Cc2ccc(C(=O)N3CCN(Cc4cccc(C(F)(F)F)c4)CC3)cc2)c(C)c1[N+](=O)[O-]. The van der Waals surface area contributed by atoms with Gasteiger partial charge in [-0.05, 0) is 43.2 Å². The molecule has 0 unspecified atom stereocenters. The van der Waals surface area contributed by atoms with Crippen molar-refractivity contribution in [1.29, 1.82) is 0 Å². The van der Waals surface area contributed by atoms with Gasteiger partial charge >= 0.3 is 11.9 Å². The van der Waals surface area contributed by atoms with Gasteiger partial charge in [0, 0.05) is 38.3 Å². The minimum atomic E-state index is -4.37. The zero-order chi connectivity index (χ0) is 26.0. The van der Waals surface area contributed by atoms with E-state index in [1.54, 1.807) is 53.8 Å². The molecule has 0 N–H and O–H groups in total. The minimum absolute atomic E-state index is 0.00833. The number of aromatic nitrogens is 2. The van der Waals surface area contributed by atoms with Crippen LogP contribution in [0.3, 0.4) is 0 Å². The first-order chi connectivity index (χ1) is 17.0. The second-order valence-electron chi connectivity index (χ2n) is 8.90. The van der Waals surface area contributed by atoms with Gasteiger partial charge in [-0.3, -0.25) is 24.5 Å². The van der Waals surface area contributed by atoms with Crippen molar-refractivity contribution in [2.24, 2.45) is 0 Å². The number of carbonyl (C=O) groups is 1. The van der Waals surface area contributed by atoms with Gasteiger partial charge in [0.25, 0.3) is 5.91 Å². The Labute approximate surface area is 206 Å². The van der Waals surface area contributed by atoms with Crippen LogP contribution in [0.5, 0.6) is 0 Å². The van der Waals surface area contributed by atoms with Crippen LogP contribution in [0.2, 0.25) is 0 Å². The van der Waals surface area contributed by atoms with Gasteiger partial charge in [0.1, 0.15) is 11.4 Å². The number of aryl methyl sites for hydroxylation is 1. The highest BCUT2D eigenvalue weighted by Crippen LogP contribution is 2.30. The van der Waals surface area contributed by atoms with Gasteiger partial charge in [0.05, 0.1) is 17.0 Å². The fourth-order valence-electron chi connectivity index (χ4n) is 4.43. The summed E-state index contributed by atoms with van der Waals surface area (Å²) in [4.78, 5) is 27.5. The first-order valence-corrected chi connectivity index (χ1v) is 11.5. The molecular weight excluding hydrogens is 475 g/mol. The molecule has 3 aromatic rings. The fraction of sp³-hybridized carbons (Fsp3) is 0.360. The van der Waals surface area contributed by atoms with E-state index in [0.29, 0.717) is 61.8 Å². The third-order valence-electron chi connectivity index (χ3n) is 6.38. The number of amides is 1. The van der Waals surface area contributed by atoms with E-state index in [2.05, 4.69) is 5.10 Å². The summed E-state index contributed by atoms with van der Waals surface area (Å²) in [6, 6.07) is 12.4. The predicted molar refractivity (Wildman–Crippen MR) is 127 cm³/mol. The van der Waals surface area contributed by atoms with Crippen LogP contribution >= 0.6 is 0 Å². The molecule has 0 radical (unpaired) electrons. The molecule has 36 heavy (non-hydrogen) atoms. The van der Waals surface area contributed by atoms with Gasteiger partial charge in [-0.25, -0.2) is 0 Å². The number of carbonyl (C=O) groups excluding carboxylic acids is 1. The van der Waals surface area contributed by atoms with Crippen molar-refractivity contribution in [1.82, 2.24) is 19.6 Å². The number of piperazine rings is 1. The summed E-state index contributed by atoms with van der Waals surface area (Å²) in [6.45, 7) is 6.09. The first-order valence-electron chi connectivity index (χ1n) is 11.5. The lowest BCUT2D eigenvalue weighted by atomic mass is 10.1. The Morgan fingerprint density at radius 1 is 1.00 bits per heavy atom. The Balaban J connectivity index is 1.33. The number of rotatable bonds is 6. The number of nitro groups is 1. The molecule has 190 valence electrons. The molecule has 1 saturated heterocycles. The molecule has 8 nitrogen and oxygen atoms in total. The van der Waals surface area contributed by atoms with E-state index < -0.39 is 16.7 Å². The summed E-state index contributed by atoms with van der Waals surface area (Å²) in [5.41, 5.74) is 2.16. The molecule has 0 bridgehead atoms. The second-order valence-corrected chi connectivity index (χ2v) is 8.90. The van der Waals surface area contributed by atoms with Crippen molar-refractivity contribution >= 4 is 11.6 Å². The summed E-state index contributed by atoms with van der Waals surface area (Å²) >= 11 is 0. The lowest BCUT2D eigenvalue weighted by Crippen LogP contribution is -2.48. The average Bonchev–Trinajstić information content (AvgIpc) is 3.12. The number of alkyl halides is 3. The Bertz CT molecular complexity index is 1260. The largest absolute Gasteiger partial charge is 0.416 e. The monoisotopic (exact) mass is 501 g/mol. The quantitative estimate of drug-likeness (QED) is 0.369. The molecule has 0 spiro atoms. The van der Waals surface area contributed by atoms with Crippen LogP contribution in [0.1, 0.15) is 38.4 Å². The van der Waals surface area contributed by atoms with Crippen molar-refractivity contribution in [2.75, 3.05) is 26.2 Å². The maximum Gasteiger partial charge on any atom is 0.416 e. The molecule has 1 aliphatic heterocycles. The Morgan fingerprint density at radius 3 is 2.25 bits per heavy atom. The van der Waals surface area contributed by atoms with Crippen LogP contribution in [0.25, 0.3) is 0 Å². The summed E-state index contributed by atoms with van der Waals surface area (Å²) in [5, 5.41) is 15.5. The third-order valence-corrected chi connectivity index (χ3v) is 6.38. The van der Waals surface area contributed by atoms with Gasteiger partial charge in [0.15, 0.2) is 0 Å². The van der Waals surface area contributed by atoms with E-state index in [0.717, 1.165) is 11.6 Å². The van der Waals surface area contributed by atoms with E-state index in [-0.39, 0.29) is 11.6 Å². The van der Waals surface area contributed by atoms with Crippen molar-refractivity contribution in [3.63, 3.8) is 0 Å². The fourth-order valence-corrected chi connectivity index (χ4v) is 4.43. The number of nitrogens with zero attached hydrogens (tertiary/aromatic N) is 5. The van der Waals surface area contributed by atoms with Crippen LogP contribution in [0, 0.1) is 24.0 Å². The van der Waals surface area contributed by atoms with Gasteiger partial charge in [-0.1, -0.05) is 30.3 Å². The summed E-state index contributed by atoms with van der Waals surface area (Å²) in [5.74, 6) is -0.109. The van der Waals surface area contributed by atoms with Gasteiger partial charge in [0.2, 0.25) is 0 Å². The van der Waals surface area contributed by atoms with Crippen LogP contribution in [-0.4, -0.2) is 56.6 Å². The Kier molecular flexibility index (Phi) is 7.11. The van der Waals surface area contributed by atoms with Crippen LogP contribution in [0.4, 0.5) is 18.9 Å². The maximum atomic E-state index is 13.0. The molecule has 11 heteroatoms. The topological polar surface area (TPSA) is 84.5 Å². The van der Waals surface area contributed by atoms with Crippen molar-refractivity contribution in [2.45, 2.75) is 33.1 Å². The van der Waals surface area contributed by atoms with Crippen molar-refractivity contribution in [3.05, 3.63) is 92.3 Å². The van der Waals surface area contributed by atoms with Crippen molar-refractivity contribution in [3.8, 4) is 0 Å². The lowest BCUT2D eigenvalue weighted by Gasteiger charge is -2.35. The summed E-state index contributed by atoms with van der Waals surface area (Å²) < 4.78 is 40.5. The van der Waals surface area contributed by atoms with Crippen molar-refractivity contribution < 1.29 is 22.9 Å². The second kappa shape index (κ2) is 10.1. The molecule has 1 fully saturated rings. The predicted octanol–water partition coefficient (Wildman–Crippen LogP) is 4.43. The molecule has 2 heterocycles. The Hall–Kier alpha value is -3.73. The van der Waals surface area contributed by atoms with Gasteiger partial charge in [-0.2, -0.15) is 18.3 Å². The molecular formula is C25H26F3N5O3. The zero-order valence-electron chi connectivity index (χ0n) is 20.0. The smallest absolute Gasteiger partial charge is 0.336 e. The standard InChI is InChI=1S/C25H26F3N5O3/c1-17-23(33(35)36)18(2)32(29-17)16-19-6-8-21(9-7-19)24(34)31-12-10-30(11-13-31)15-20-4-3-5-22(14-20)25(26,27)28/h3-9,14H,10-13,15-16H2,1-2H3. The molecule has 1 aromatic heterocycles. The Morgan fingerprint density at radius 2 is 1.67 bits per heavy atom. The van der Waals surface area contributed by atoms with E-state index in [4.69, 9.17) is 0 Å². The average molecular weight is 502 g/mol. The zero-order valence-corrected chi connectivity index (χ0v) is 20.0. The van der Waals surface area contributed by atoms with Crippen LogP contribution in [0.15, 0.2) is 48.5 Å². The molecule has 0 aliphatic carbocycles. The molecule has 1 amide bonds. The number of benzene rings is 2. The van der Waals surface area contributed by atoms with Crippen LogP contribution < -0.4 is 0 Å². The lowest BCUT2D eigenvalue weighted by molar-refractivity contribution is -0.386. The van der Waals surface area contributed by atoms with E-state index >= 15 is 0 Å². The van der Waals surface area contributed by atoms with Gasteiger partial charge < -0.3 is 4.90 Å². The molecule has 1 aliphatic rings. The number of halogens is 3. The minimum Gasteiger partial charge on any atom is -0.336 e. The van der Waals surface area contributed by atoms with E-state index in [1.165, 1.54) is 12.1 Å². The van der Waals surface area contributed by atoms with E-state index in [9.17, 15) is 28.1 Å². The number of hydrogen-bond donors (Lipinski definition) is 0. The molecule has 2 aromatic carbocycles. The summed E-state index contributed by atoms with van der Waals surface area (Å²) in [6.07, 6.45) is -4.37. The summed E-state index contributed by atoms with van der Waals surface area (Å²) in [7, 11) is 0. The highest BCUT2D eigenvalue weighted by Gasteiger charge is 2.30. The highest BCUT2D eigenvalue weighted by molar-refractivity contribution is 5.94. The number of hydrogen-bond acceptors (Lipinski definition) is 5. The molecule has 0 saturated carbocycles. The molecule has 4 rings (SSSR count). The normalized spacial score (nSPS) is 14.8. The van der Waals surface area contributed by atoms with E-state index in [1.807, 2.05) is 4.90 Å². The highest BCUT2D eigenvalue weighted by atomic mass is 19.4. The third kappa shape index (κ3) is 5.56. The maximum absolute atomic E-state index is 13.0.